The maximum atomic E-state index is 13.0. The summed E-state index contributed by atoms with van der Waals surface area (Å²) in [5, 5.41) is 24.7. The van der Waals surface area contributed by atoms with Crippen LogP contribution in [-0.4, -0.2) is 84.6 Å². The molecule has 4 N–H and O–H groups in total. The molecule has 1 amide bonds. The van der Waals surface area contributed by atoms with Crippen LogP contribution >= 0.6 is 7.82 Å². The molecule has 10 heteroatoms. The standard InChI is InChI=1S/C57H97N2O7P/c1-6-8-10-12-14-16-18-20-21-22-23-24-25-26-27-28-29-30-31-32-33-34-35-36-37-38-40-42-44-46-48-50-56(61)58-54(53-66-67(63,64)65-52-51-59(3,4)5)57(62)55(60)49-47-45-43-41-39-19-17-15-13-11-9-7-2/h8,10,14,16,20-21,23-24,26-27,29-30,32-33,35-36,38,40-41,43,54-55,57,60,62H,6-7,9,11-13,15,17-19,22,25,28,31,34,37,39,42,44-53H2,1-5H3,(H-,58,61,63,64)/p+1/b10-8-,16-14-,21-20-,24-23-,27-26-,30-29-,33-32-,36-35-,40-38-,43-41+. The first-order chi connectivity index (χ1) is 32.4. The lowest BCUT2D eigenvalue weighted by molar-refractivity contribution is -0.870. The van der Waals surface area contributed by atoms with Crippen LogP contribution < -0.4 is 5.32 Å². The molecule has 0 aromatic rings. The van der Waals surface area contributed by atoms with Crippen LogP contribution in [0.2, 0.25) is 0 Å². The normalized spacial score (nSPS) is 15.5. The van der Waals surface area contributed by atoms with E-state index in [1.54, 1.807) is 0 Å². The van der Waals surface area contributed by atoms with Crippen molar-refractivity contribution in [2.45, 2.75) is 193 Å². The van der Waals surface area contributed by atoms with Crippen molar-refractivity contribution in [2.75, 3.05) is 40.9 Å². The molecule has 0 aliphatic heterocycles. The Bertz CT molecular complexity index is 1520. The second-order valence-corrected chi connectivity index (χ2v) is 19.7. The van der Waals surface area contributed by atoms with Crippen molar-refractivity contribution in [3.8, 4) is 0 Å². The third-order valence-electron chi connectivity index (χ3n) is 10.8. The first kappa shape index (κ1) is 63.9. The highest BCUT2D eigenvalue weighted by Crippen LogP contribution is 2.43. The maximum absolute atomic E-state index is 13.0. The second-order valence-electron chi connectivity index (χ2n) is 18.3. The number of hydrogen-bond donors (Lipinski definition) is 4. The summed E-state index contributed by atoms with van der Waals surface area (Å²) in [6.45, 7) is 4.41. The summed E-state index contributed by atoms with van der Waals surface area (Å²) in [4.78, 5) is 23.2. The van der Waals surface area contributed by atoms with Crippen molar-refractivity contribution in [2.24, 2.45) is 0 Å². The molecule has 9 nitrogen and oxygen atoms in total. The van der Waals surface area contributed by atoms with Gasteiger partial charge in [0.15, 0.2) is 0 Å². The Balaban J connectivity index is 4.42. The van der Waals surface area contributed by atoms with E-state index in [0.717, 1.165) is 89.9 Å². The monoisotopic (exact) mass is 954 g/mol. The van der Waals surface area contributed by atoms with Gasteiger partial charge in [0.25, 0.3) is 0 Å². The summed E-state index contributed by atoms with van der Waals surface area (Å²) in [5.41, 5.74) is 0. The minimum atomic E-state index is -4.45. The zero-order valence-corrected chi connectivity index (χ0v) is 43.8. The first-order valence-electron chi connectivity index (χ1n) is 26.0. The minimum absolute atomic E-state index is 0.00227. The van der Waals surface area contributed by atoms with Crippen LogP contribution in [0.3, 0.4) is 0 Å². The molecule has 0 radical (unpaired) electrons. The number of aliphatic hydroxyl groups excluding tert-OH is 2. The minimum Gasteiger partial charge on any atom is -0.390 e. The summed E-state index contributed by atoms with van der Waals surface area (Å²) < 4.78 is 23.5. The molecule has 0 aliphatic rings. The molecule has 0 heterocycles. The number of aliphatic hydroxyl groups is 2. The number of rotatable bonds is 45. The Labute approximate surface area is 410 Å². The number of phosphoric acid groups is 1. The van der Waals surface area contributed by atoms with Crippen molar-refractivity contribution in [1.82, 2.24) is 5.32 Å². The number of phosphoric ester groups is 1. The van der Waals surface area contributed by atoms with Crippen molar-refractivity contribution < 1.29 is 38.0 Å². The number of nitrogens with zero attached hydrogens (tertiary/aromatic N) is 1. The molecule has 382 valence electrons. The molecule has 0 aromatic heterocycles. The van der Waals surface area contributed by atoms with Crippen molar-refractivity contribution in [3.05, 3.63) is 122 Å². The van der Waals surface area contributed by atoms with Crippen LogP contribution in [0.25, 0.3) is 0 Å². The Morgan fingerprint density at radius 2 is 0.925 bits per heavy atom. The van der Waals surface area contributed by atoms with Crippen molar-refractivity contribution >= 4 is 13.7 Å². The van der Waals surface area contributed by atoms with Crippen LogP contribution in [-0.2, 0) is 18.4 Å². The molecule has 0 rings (SSSR count). The average Bonchev–Trinajstić information content (AvgIpc) is 3.29. The predicted octanol–water partition coefficient (Wildman–Crippen LogP) is 14.4. The molecule has 0 saturated heterocycles. The van der Waals surface area contributed by atoms with Gasteiger partial charge in [0.1, 0.15) is 19.3 Å². The average molecular weight is 954 g/mol. The Hall–Kier alpha value is -3.14. The van der Waals surface area contributed by atoms with Gasteiger partial charge < -0.3 is 24.9 Å². The number of likely N-dealkylation sites (N-methyl/N-ethyl adjacent to an activating group) is 1. The quantitative estimate of drug-likeness (QED) is 0.0207. The highest BCUT2D eigenvalue weighted by Gasteiger charge is 2.31. The van der Waals surface area contributed by atoms with Crippen molar-refractivity contribution in [1.29, 1.82) is 0 Å². The zero-order valence-electron chi connectivity index (χ0n) is 42.9. The number of amides is 1. The lowest BCUT2D eigenvalue weighted by Gasteiger charge is -2.28. The van der Waals surface area contributed by atoms with E-state index in [-0.39, 0.29) is 18.9 Å². The molecule has 0 fully saturated rings. The predicted molar refractivity (Wildman–Crippen MR) is 287 cm³/mol. The Morgan fingerprint density at radius 1 is 0.537 bits per heavy atom. The number of carbonyl (C=O) groups excluding carboxylic acids is 1. The Morgan fingerprint density at radius 3 is 1.37 bits per heavy atom. The maximum Gasteiger partial charge on any atom is 0.472 e. The van der Waals surface area contributed by atoms with Crippen molar-refractivity contribution in [3.63, 3.8) is 0 Å². The SMILES string of the molecule is CC/C=C\C/C=C\C/C=C\C/C=C\C/C=C\C/C=C\C/C=C\C/C=C\C/C=C\CCCCCC(=O)NC(COP(=O)(O)OCC[N+](C)(C)C)C(O)C(O)CCC/C=C/CCCCCCCCC. The van der Waals surface area contributed by atoms with Gasteiger partial charge >= 0.3 is 7.82 Å². The van der Waals surface area contributed by atoms with Gasteiger partial charge in [-0.2, -0.15) is 0 Å². The fourth-order valence-corrected chi connectivity index (χ4v) is 7.40. The highest BCUT2D eigenvalue weighted by atomic mass is 31.2. The van der Waals surface area contributed by atoms with Gasteiger partial charge in [-0.05, 0) is 109 Å². The number of carbonyl (C=O) groups is 1. The van der Waals surface area contributed by atoms with E-state index >= 15 is 0 Å². The summed E-state index contributed by atoms with van der Waals surface area (Å²) in [5.74, 6) is -0.307. The largest absolute Gasteiger partial charge is 0.472 e. The molecule has 4 unspecified atom stereocenters. The van der Waals surface area contributed by atoms with Gasteiger partial charge in [0.2, 0.25) is 5.91 Å². The van der Waals surface area contributed by atoms with E-state index in [1.807, 2.05) is 21.1 Å². The van der Waals surface area contributed by atoms with Gasteiger partial charge in [-0.25, -0.2) is 4.57 Å². The van der Waals surface area contributed by atoms with Crippen LogP contribution in [0.1, 0.15) is 174 Å². The number of allylic oxidation sites excluding steroid dienone is 20. The van der Waals surface area contributed by atoms with Crippen LogP contribution in [0, 0.1) is 0 Å². The van der Waals surface area contributed by atoms with E-state index < -0.39 is 32.7 Å². The Kier molecular flexibility index (Phi) is 44.4. The van der Waals surface area contributed by atoms with Gasteiger partial charge in [0.05, 0.1) is 39.9 Å². The first-order valence-corrected chi connectivity index (χ1v) is 27.5. The summed E-state index contributed by atoms with van der Waals surface area (Å²) in [7, 11) is 1.37. The molecule has 67 heavy (non-hydrogen) atoms. The summed E-state index contributed by atoms with van der Waals surface area (Å²) in [6.07, 6.45) is 65.7. The number of unbranched alkanes of at least 4 members (excludes halogenated alkanes) is 11. The molecular formula is C57H98N2O7P+. The van der Waals surface area contributed by atoms with Gasteiger partial charge in [-0.3, -0.25) is 13.8 Å². The third-order valence-corrected chi connectivity index (χ3v) is 11.8. The number of quaternary nitrogens is 1. The van der Waals surface area contributed by atoms with Crippen LogP contribution in [0.5, 0.6) is 0 Å². The van der Waals surface area contributed by atoms with Crippen LogP contribution in [0.15, 0.2) is 122 Å². The van der Waals surface area contributed by atoms with E-state index in [2.05, 4.69) is 141 Å². The number of hydrogen-bond acceptors (Lipinski definition) is 6. The van der Waals surface area contributed by atoms with Gasteiger partial charge in [-0.1, -0.05) is 180 Å². The summed E-state index contributed by atoms with van der Waals surface area (Å²) >= 11 is 0. The van der Waals surface area contributed by atoms with E-state index in [1.165, 1.54) is 44.9 Å². The molecule has 4 atom stereocenters. The van der Waals surface area contributed by atoms with Gasteiger partial charge in [-0.15, -0.1) is 0 Å². The van der Waals surface area contributed by atoms with E-state index in [9.17, 15) is 24.5 Å². The lowest BCUT2D eigenvalue weighted by atomic mass is 10.0. The molecule has 0 aromatic carbocycles. The molecular weight excluding hydrogens is 856 g/mol. The molecule has 0 aliphatic carbocycles. The van der Waals surface area contributed by atoms with E-state index in [0.29, 0.717) is 30.3 Å². The highest BCUT2D eigenvalue weighted by molar-refractivity contribution is 7.47. The zero-order chi connectivity index (χ0) is 49.4. The van der Waals surface area contributed by atoms with Gasteiger partial charge in [0, 0.05) is 6.42 Å². The van der Waals surface area contributed by atoms with Crippen LogP contribution in [0.4, 0.5) is 0 Å². The van der Waals surface area contributed by atoms with E-state index in [4.69, 9.17) is 9.05 Å². The number of nitrogens with one attached hydrogen (secondary N) is 1. The third kappa shape index (κ3) is 47.7. The topological polar surface area (TPSA) is 125 Å². The molecule has 0 saturated carbocycles. The second kappa shape index (κ2) is 46.6. The fraction of sp³-hybridized carbons (Fsp3) is 0.632. The lowest BCUT2D eigenvalue weighted by Crippen LogP contribution is -2.51. The molecule has 0 bridgehead atoms. The molecule has 0 spiro atoms. The summed E-state index contributed by atoms with van der Waals surface area (Å²) in [6, 6.07) is -1.08. The fourth-order valence-electron chi connectivity index (χ4n) is 6.66. The smallest absolute Gasteiger partial charge is 0.390 e.